The topological polar surface area (TPSA) is 41.3 Å². The highest BCUT2D eigenvalue weighted by Crippen LogP contribution is 2.22. The Kier molecular flexibility index (Phi) is 3.26. The third-order valence-electron chi connectivity index (χ3n) is 2.90. The molecular formula is C11H19N3O. The molecule has 2 heterocycles. The van der Waals surface area contributed by atoms with Gasteiger partial charge in [-0.2, -0.15) is 0 Å². The summed E-state index contributed by atoms with van der Waals surface area (Å²) >= 11 is 0. The average molecular weight is 209 g/mol. The van der Waals surface area contributed by atoms with Crippen molar-refractivity contribution in [2.24, 2.45) is 0 Å². The molecule has 0 amide bonds. The van der Waals surface area contributed by atoms with E-state index in [1.165, 1.54) is 12.8 Å². The second-order valence-electron chi connectivity index (χ2n) is 4.30. The lowest BCUT2D eigenvalue weighted by Crippen LogP contribution is -2.46. The van der Waals surface area contributed by atoms with Crippen LogP contribution in [-0.2, 0) is 0 Å². The number of hydrogen-bond acceptors (Lipinski definition) is 4. The van der Waals surface area contributed by atoms with E-state index in [0.29, 0.717) is 12.1 Å². The van der Waals surface area contributed by atoms with Crippen molar-refractivity contribution in [2.45, 2.75) is 38.8 Å². The van der Waals surface area contributed by atoms with Gasteiger partial charge < -0.3 is 14.6 Å². The van der Waals surface area contributed by atoms with Gasteiger partial charge in [-0.15, -0.1) is 0 Å². The van der Waals surface area contributed by atoms with Crippen molar-refractivity contribution < 1.29 is 4.42 Å². The monoisotopic (exact) mass is 209 g/mol. The number of nitrogens with one attached hydrogen (secondary N) is 1. The van der Waals surface area contributed by atoms with Crippen LogP contribution in [0, 0.1) is 0 Å². The second-order valence-corrected chi connectivity index (χ2v) is 4.30. The molecule has 1 N–H and O–H groups in total. The summed E-state index contributed by atoms with van der Waals surface area (Å²) in [5.74, 6) is 0. The average Bonchev–Trinajstić information content (AvgIpc) is 2.72. The Bertz CT molecular complexity index is 278. The van der Waals surface area contributed by atoms with Crippen LogP contribution in [0.25, 0.3) is 0 Å². The molecule has 4 heteroatoms. The van der Waals surface area contributed by atoms with Crippen molar-refractivity contribution in [1.29, 1.82) is 0 Å². The molecule has 1 saturated heterocycles. The molecule has 1 fully saturated rings. The van der Waals surface area contributed by atoms with Gasteiger partial charge in [0.2, 0.25) is 0 Å². The minimum atomic E-state index is 0.437. The zero-order valence-electron chi connectivity index (χ0n) is 9.44. The van der Waals surface area contributed by atoms with Gasteiger partial charge in [-0.3, -0.25) is 0 Å². The maximum atomic E-state index is 5.40. The van der Waals surface area contributed by atoms with Gasteiger partial charge in [0.05, 0.1) is 6.20 Å². The SMILES string of the molecule is CC(C)N(c1ncco1)C1CCNCC1. The first-order valence-electron chi connectivity index (χ1n) is 5.67. The normalized spacial score (nSPS) is 18.3. The highest BCUT2D eigenvalue weighted by molar-refractivity contribution is 5.29. The van der Waals surface area contributed by atoms with Crippen molar-refractivity contribution in [1.82, 2.24) is 10.3 Å². The van der Waals surface area contributed by atoms with Gasteiger partial charge in [0.1, 0.15) is 6.26 Å². The van der Waals surface area contributed by atoms with Crippen LogP contribution in [0.3, 0.4) is 0 Å². The standard InChI is InChI=1S/C11H19N3O/c1-9(2)14(11-13-7-8-15-11)10-3-5-12-6-4-10/h7-10,12H,3-6H2,1-2H3. The maximum Gasteiger partial charge on any atom is 0.297 e. The molecule has 0 unspecified atom stereocenters. The zero-order valence-corrected chi connectivity index (χ0v) is 9.44. The van der Waals surface area contributed by atoms with Crippen LogP contribution in [0.1, 0.15) is 26.7 Å². The number of hydrogen-bond donors (Lipinski definition) is 1. The third kappa shape index (κ3) is 2.31. The van der Waals surface area contributed by atoms with E-state index in [9.17, 15) is 0 Å². The number of piperidine rings is 1. The molecule has 0 aliphatic carbocycles. The van der Waals surface area contributed by atoms with Crippen molar-refractivity contribution in [2.75, 3.05) is 18.0 Å². The van der Waals surface area contributed by atoms with Gasteiger partial charge in [-0.05, 0) is 39.8 Å². The maximum absolute atomic E-state index is 5.40. The van der Waals surface area contributed by atoms with Crippen molar-refractivity contribution >= 4 is 6.01 Å². The Morgan fingerprint density at radius 3 is 2.73 bits per heavy atom. The van der Waals surface area contributed by atoms with Gasteiger partial charge in [0.15, 0.2) is 0 Å². The lowest BCUT2D eigenvalue weighted by molar-refractivity contribution is 0.385. The van der Waals surface area contributed by atoms with E-state index >= 15 is 0 Å². The second kappa shape index (κ2) is 4.66. The third-order valence-corrected chi connectivity index (χ3v) is 2.90. The first-order chi connectivity index (χ1) is 7.29. The zero-order chi connectivity index (χ0) is 10.7. The van der Waals surface area contributed by atoms with Crippen LogP contribution in [0.2, 0.25) is 0 Å². The predicted octanol–water partition coefficient (Wildman–Crippen LogP) is 1.64. The van der Waals surface area contributed by atoms with Crippen LogP contribution in [-0.4, -0.2) is 30.2 Å². The fraction of sp³-hybridized carbons (Fsp3) is 0.727. The summed E-state index contributed by atoms with van der Waals surface area (Å²) in [4.78, 5) is 6.54. The fourth-order valence-corrected chi connectivity index (χ4v) is 2.23. The lowest BCUT2D eigenvalue weighted by Gasteiger charge is -2.36. The highest BCUT2D eigenvalue weighted by Gasteiger charge is 2.25. The van der Waals surface area contributed by atoms with Gasteiger partial charge in [0.25, 0.3) is 6.01 Å². The molecule has 1 aromatic heterocycles. The fourth-order valence-electron chi connectivity index (χ4n) is 2.23. The van der Waals surface area contributed by atoms with E-state index in [0.717, 1.165) is 19.1 Å². The molecule has 2 rings (SSSR count). The number of anilines is 1. The van der Waals surface area contributed by atoms with Crippen molar-refractivity contribution in [3.05, 3.63) is 12.5 Å². The Morgan fingerprint density at radius 1 is 1.47 bits per heavy atom. The summed E-state index contributed by atoms with van der Waals surface area (Å²) in [6, 6.07) is 1.76. The number of aromatic nitrogens is 1. The largest absolute Gasteiger partial charge is 0.432 e. The van der Waals surface area contributed by atoms with Crippen LogP contribution < -0.4 is 10.2 Å². The molecule has 84 valence electrons. The molecule has 0 bridgehead atoms. The van der Waals surface area contributed by atoms with E-state index in [1.54, 1.807) is 12.5 Å². The first-order valence-corrected chi connectivity index (χ1v) is 5.67. The molecule has 1 aliphatic heterocycles. The van der Waals surface area contributed by atoms with E-state index in [4.69, 9.17) is 4.42 Å². The Morgan fingerprint density at radius 2 is 2.20 bits per heavy atom. The quantitative estimate of drug-likeness (QED) is 0.821. The first kappa shape index (κ1) is 10.5. The van der Waals surface area contributed by atoms with Crippen LogP contribution in [0.5, 0.6) is 0 Å². The Balaban J connectivity index is 2.12. The van der Waals surface area contributed by atoms with Gasteiger partial charge in [-0.25, -0.2) is 4.98 Å². The van der Waals surface area contributed by atoms with Crippen LogP contribution >= 0.6 is 0 Å². The number of nitrogens with zero attached hydrogens (tertiary/aromatic N) is 2. The molecule has 0 spiro atoms. The molecule has 4 nitrogen and oxygen atoms in total. The Hall–Kier alpha value is -1.03. The summed E-state index contributed by atoms with van der Waals surface area (Å²) in [5, 5.41) is 3.38. The van der Waals surface area contributed by atoms with Crippen molar-refractivity contribution in [3.63, 3.8) is 0 Å². The molecular weight excluding hydrogens is 190 g/mol. The van der Waals surface area contributed by atoms with Gasteiger partial charge in [-0.1, -0.05) is 0 Å². The minimum absolute atomic E-state index is 0.437. The highest BCUT2D eigenvalue weighted by atomic mass is 16.4. The van der Waals surface area contributed by atoms with Gasteiger partial charge in [0, 0.05) is 12.1 Å². The Labute approximate surface area is 90.7 Å². The molecule has 0 aromatic carbocycles. The summed E-state index contributed by atoms with van der Waals surface area (Å²) in [7, 11) is 0. The van der Waals surface area contributed by atoms with Crippen molar-refractivity contribution in [3.8, 4) is 0 Å². The number of oxazole rings is 1. The van der Waals surface area contributed by atoms with E-state index in [2.05, 4.69) is 29.0 Å². The van der Waals surface area contributed by atoms with E-state index in [-0.39, 0.29) is 0 Å². The number of rotatable bonds is 3. The van der Waals surface area contributed by atoms with E-state index in [1.807, 2.05) is 0 Å². The molecule has 15 heavy (non-hydrogen) atoms. The molecule has 1 aromatic rings. The van der Waals surface area contributed by atoms with Gasteiger partial charge >= 0.3 is 0 Å². The summed E-state index contributed by atoms with van der Waals surface area (Å²) in [5.41, 5.74) is 0. The molecule has 1 aliphatic rings. The predicted molar refractivity (Wildman–Crippen MR) is 60.0 cm³/mol. The summed E-state index contributed by atoms with van der Waals surface area (Å²) in [6.45, 7) is 6.56. The lowest BCUT2D eigenvalue weighted by atomic mass is 10.0. The molecule has 0 atom stereocenters. The smallest absolute Gasteiger partial charge is 0.297 e. The summed E-state index contributed by atoms with van der Waals surface area (Å²) < 4.78 is 5.40. The minimum Gasteiger partial charge on any atom is -0.432 e. The van der Waals surface area contributed by atoms with E-state index < -0.39 is 0 Å². The summed E-state index contributed by atoms with van der Waals surface area (Å²) in [6.07, 6.45) is 5.69. The molecule has 0 radical (unpaired) electrons. The van der Waals surface area contributed by atoms with Crippen LogP contribution in [0.15, 0.2) is 16.9 Å². The van der Waals surface area contributed by atoms with Crippen LogP contribution in [0.4, 0.5) is 6.01 Å². The molecule has 0 saturated carbocycles.